The highest BCUT2D eigenvalue weighted by Gasteiger charge is 2.08. The van der Waals surface area contributed by atoms with E-state index in [2.05, 4.69) is 0 Å². The van der Waals surface area contributed by atoms with E-state index in [1.54, 1.807) is 18.2 Å². The lowest BCUT2D eigenvalue weighted by Crippen LogP contribution is -1.87. The van der Waals surface area contributed by atoms with Gasteiger partial charge in [-0.2, -0.15) is 5.26 Å². The predicted molar refractivity (Wildman–Crippen MR) is 56.3 cm³/mol. The molecule has 0 aliphatic rings. The van der Waals surface area contributed by atoms with Crippen LogP contribution in [0.2, 0.25) is 0 Å². The van der Waals surface area contributed by atoms with Gasteiger partial charge < -0.3 is 5.73 Å². The lowest BCUT2D eigenvalue weighted by atomic mass is 10.1. The van der Waals surface area contributed by atoms with Gasteiger partial charge in [0.05, 0.1) is 0 Å². The van der Waals surface area contributed by atoms with Crippen LogP contribution in [0, 0.1) is 11.3 Å². The third-order valence-electron chi connectivity index (χ3n) is 1.98. The van der Waals surface area contributed by atoms with Crippen molar-refractivity contribution < 1.29 is 4.79 Å². The van der Waals surface area contributed by atoms with Crippen molar-refractivity contribution in [1.29, 1.82) is 5.26 Å². The molecule has 0 radical (unpaired) electrons. The van der Waals surface area contributed by atoms with Crippen molar-refractivity contribution in [3.8, 4) is 6.07 Å². The van der Waals surface area contributed by atoms with Crippen molar-refractivity contribution in [3.05, 3.63) is 28.6 Å². The van der Waals surface area contributed by atoms with Crippen molar-refractivity contribution in [2.75, 3.05) is 5.73 Å². The summed E-state index contributed by atoms with van der Waals surface area (Å²) in [4.78, 5) is 11.3. The van der Waals surface area contributed by atoms with E-state index in [0.29, 0.717) is 16.1 Å². The van der Waals surface area contributed by atoms with E-state index in [0.717, 1.165) is 16.4 Å². The SMILES string of the molecule is N#Cc1cc2c(N)ccc(C=O)c2s1. The number of hydrogen-bond acceptors (Lipinski definition) is 4. The summed E-state index contributed by atoms with van der Waals surface area (Å²) in [5.41, 5.74) is 6.91. The second-order valence-electron chi connectivity index (χ2n) is 2.83. The molecule has 2 aromatic rings. The van der Waals surface area contributed by atoms with Crippen LogP contribution in [-0.4, -0.2) is 6.29 Å². The number of thiophene rings is 1. The van der Waals surface area contributed by atoms with Crippen LogP contribution < -0.4 is 5.73 Å². The Bertz CT molecular complexity index is 551. The summed E-state index contributed by atoms with van der Waals surface area (Å²) in [6.45, 7) is 0. The Hall–Kier alpha value is -1.86. The maximum absolute atomic E-state index is 10.7. The standard InChI is InChI=1S/C10H6N2OS/c11-4-7-3-8-9(12)2-1-6(5-13)10(8)14-7/h1-3,5H,12H2. The van der Waals surface area contributed by atoms with Crippen LogP contribution >= 0.6 is 11.3 Å². The molecule has 0 amide bonds. The molecule has 0 fully saturated rings. The molecule has 3 nitrogen and oxygen atoms in total. The lowest BCUT2D eigenvalue weighted by molar-refractivity contribution is 0.112. The largest absolute Gasteiger partial charge is 0.398 e. The maximum Gasteiger partial charge on any atom is 0.151 e. The molecular weight excluding hydrogens is 196 g/mol. The number of nitriles is 1. The third-order valence-corrected chi connectivity index (χ3v) is 3.07. The number of benzene rings is 1. The van der Waals surface area contributed by atoms with Crippen LogP contribution in [-0.2, 0) is 0 Å². The first kappa shape index (κ1) is 8.73. The zero-order chi connectivity index (χ0) is 10.1. The van der Waals surface area contributed by atoms with Gasteiger partial charge in [0, 0.05) is 21.3 Å². The average molecular weight is 202 g/mol. The Kier molecular flexibility index (Phi) is 1.95. The van der Waals surface area contributed by atoms with Gasteiger partial charge in [0.2, 0.25) is 0 Å². The number of carbonyl (C=O) groups excluding carboxylic acids is 1. The topological polar surface area (TPSA) is 66.9 Å². The van der Waals surface area contributed by atoms with Crippen LogP contribution in [0.1, 0.15) is 15.2 Å². The van der Waals surface area contributed by atoms with Gasteiger partial charge >= 0.3 is 0 Å². The molecule has 0 bridgehead atoms. The van der Waals surface area contributed by atoms with Crippen LogP contribution in [0.15, 0.2) is 18.2 Å². The van der Waals surface area contributed by atoms with E-state index < -0.39 is 0 Å². The third kappa shape index (κ3) is 1.15. The summed E-state index contributed by atoms with van der Waals surface area (Å²) in [6, 6.07) is 7.10. The van der Waals surface area contributed by atoms with E-state index in [9.17, 15) is 4.79 Å². The normalized spacial score (nSPS) is 9.93. The first-order chi connectivity index (χ1) is 6.76. The number of nitrogens with zero attached hydrogens (tertiary/aromatic N) is 1. The van der Waals surface area contributed by atoms with Crippen molar-refractivity contribution in [2.45, 2.75) is 0 Å². The highest BCUT2D eigenvalue weighted by molar-refractivity contribution is 7.20. The Morgan fingerprint density at radius 3 is 2.93 bits per heavy atom. The fourth-order valence-corrected chi connectivity index (χ4v) is 2.28. The average Bonchev–Trinajstić information content (AvgIpc) is 2.63. The lowest BCUT2D eigenvalue weighted by Gasteiger charge is -1.96. The molecule has 68 valence electrons. The molecule has 1 aromatic heterocycles. The van der Waals surface area contributed by atoms with Gasteiger partial charge in [-0.15, -0.1) is 11.3 Å². The summed E-state index contributed by atoms with van der Waals surface area (Å²) in [7, 11) is 0. The molecule has 14 heavy (non-hydrogen) atoms. The molecule has 0 aliphatic carbocycles. The minimum absolute atomic E-state index is 0.570. The number of fused-ring (bicyclic) bond motifs is 1. The number of hydrogen-bond donors (Lipinski definition) is 1. The van der Waals surface area contributed by atoms with E-state index in [4.69, 9.17) is 11.0 Å². The van der Waals surface area contributed by atoms with Crippen molar-refractivity contribution >= 4 is 33.4 Å². The first-order valence-electron chi connectivity index (χ1n) is 3.93. The van der Waals surface area contributed by atoms with E-state index in [1.807, 2.05) is 6.07 Å². The fourth-order valence-electron chi connectivity index (χ4n) is 1.31. The monoisotopic (exact) mass is 202 g/mol. The molecular formula is C10H6N2OS. The summed E-state index contributed by atoms with van der Waals surface area (Å²) in [5, 5.41) is 9.51. The molecule has 2 N–H and O–H groups in total. The molecule has 1 heterocycles. The fraction of sp³-hybridized carbons (Fsp3) is 0. The van der Waals surface area contributed by atoms with Crippen LogP contribution in [0.3, 0.4) is 0 Å². The number of carbonyl (C=O) groups is 1. The number of rotatable bonds is 1. The van der Waals surface area contributed by atoms with Crippen molar-refractivity contribution in [2.24, 2.45) is 0 Å². The van der Waals surface area contributed by atoms with Gasteiger partial charge in [0.1, 0.15) is 10.9 Å². The minimum Gasteiger partial charge on any atom is -0.398 e. The highest BCUT2D eigenvalue weighted by atomic mass is 32.1. The van der Waals surface area contributed by atoms with Crippen molar-refractivity contribution in [1.82, 2.24) is 0 Å². The molecule has 0 unspecified atom stereocenters. The quantitative estimate of drug-likeness (QED) is 0.569. The van der Waals surface area contributed by atoms with E-state index in [1.165, 1.54) is 11.3 Å². The zero-order valence-corrected chi connectivity index (χ0v) is 7.97. The second kappa shape index (κ2) is 3.13. The predicted octanol–water partition coefficient (Wildman–Crippen LogP) is 2.17. The number of nitrogens with two attached hydrogens (primary N) is 1. The summed E-state index contributed by atoms with van der Waals surface area (Å²) < 4.78 is 0.788. The molecule has 1 aromatic carbocycles. The van der Waals surface area contributed by atoms with Crippen molar-refractivity contribution in [3.63, 3.8) is 0 Å². The smallest absolute Gasteiger partial charge is 0.151 e. The Morgan fingerprint density at radius 1 is 1.50 bits per heavy atom. The molecule has 0 aliphatic heterocycles. The number of aldehydes is 1. The highest BCUT2D eigenvalue weighted by Crippen LogP contribution is 2.31. The number of anilines is 1. The number of nitrogen functional groups attached to an aromatic ring is 1. The molecule has 2 rings (SSSR count). The van der Waals surface area contributed by atoms with Gasteiger partial charge in [0.25, 0.3) is 0 Å². The Labute approximate surface area is 84.4 Å². The van der Waals surface area contributed by atoms with Gasteiger partial charge in [-0.3, -0.25) is 4.79 Å². The summed E-state index contributed by atoms with van der Waals surface area (Å²) in [5.74, 6) is 0. The zero-order valence-electron chi connectivity index (χ0n) is 7.15. The van der Waals surface area contributed by atoms with Gasteiger partial charge in [0.15, 0.2) is 6.29 Å². The van der Waals surface area contributed by atoms with Gasteiger partial charge in [-0.05, 0) is 18.2 Å². The molecule has 0 spiro atoms. The van der Waals surface area contributed by atoms with E-state index >= 15 is 0 Å². The molecule has 4 heteroatoms. The van der Waals surface area contributed by atoms with Crippen LogP contribution in [0.4, 0.5) is 5.69 Å². The summed E-state index contributed by atoms with van der Waals surface area (Å²) in [6.07, 6.45) is 0.777. The maximum atomic E-state index is 10.7. The Morgan fingerprint density at radius 2 is 2.29 bits per heavy atom. The van der Waals surface area contributed by atoms with Crippen LogP contribution in [0.25, 0.3) is 10.1 Å². The second-order valence-corrected chi connectivity index (χ2v) is 3.88. The molecule has 0 saturated heterocycles. The summed E-state index contributed by atoms with van der Waals surface area (Å²) >= 11 is 1.29. The minimum atomic E-state index is 0.570. The van der Waals surface area contributed by atoms with Crippen LogP contribution in [0.5, 0.6) is 0 Å². The first-order valence-corrected chi connectivity index (χ1v) is 4.75. The van der Waals surface area contributed by atoms with Gasteiger partial charge in [-0.25, -0.2) is 0 Å². The molecule has 0 saturated carbocycles. The molecule has 0 atom stereocenters. The Balaban J connectivity index is 2.89. The van der Waals surface area contributed by atoms with E-state index in [-0.39, 0.29) is 0 Å². The van der Waals surface area contributed by atoms with Gasteiger partial charge in [-0.1, -0.05) is 0 Å².